The molecule has 20 heavy (non-hydrogen) atoms. The number of ether oxygens (including phenoxy) is 1. The third-order valence-electron chi connectivity index (χ3n) is 2.67. The molecule has 0 saturated heterocycles. The molecule has 0 saturated carbocycles. The number of hydrogen-bond donors (Lipinski definition) is 2. The van der Waals surface area contributed by atoms with Crippen molar-refractivity contribution in [1.82, 2.24) is 4.72 Å². The highest BCUT2D eigenvalue weighted by molar-refractivity contribution is 7.89. The van der Waals surface area contributed by atoms with Crippen molar-refractivity contribution < 1.29 is 18.3 Å². The summed E-state index contributed by atoms with van der Waals surface area (Å²) in [6, 6.07) is 4.77. The van der Waals surface area contributed by atoms with Crippen LogP contribution in [0.5, 0.6) is 5.75 Å². The van der Waals surface area contributed by atoms with Gasteiger partial charge in [-0.1, -0.05) is 0 Å². The van der Waals surface area contributed by atoms with Crippen molar-refractivity contribution in [3.8, 4) is 5.75 Å². The fourth-order valence-corrected chi connectivity index (χ4v) is 2.79. The van der Waals surface area contributed by atoms with Gasteiger partial charge < -0.3 is 9.84 Å². The van der Waals surface area contributed by atoms with E-state index in [1.165, 1.54) is 6.07 Å². The molecule has 0 aliphatic heterocycles. The van der Waals surface area contributed by atoms with Gasteiger partial charge in [0, 0.05) is 6.54 Å². The van der Waals surface area contributed by atoms with Gasteiger partial charge in [0.2, 0.25) is 10.0 Å². The SMILES string of the molecule is Cc1cc(S(=O)(=O)NCCC(C)O)ccc1OC(C)C. The molecule has 0 heterocycles. The third kappa shape index (κ3) is 5.11. The van der Waals surface area contributed by atoms with Gasteiger partial charge in [0.15, 0.2) is 0 Å². The fraction of sp³-hybridized carbons (Fsp3) is 0.571. The molecule has 5 nitrogen and oxygen atoms in total. The zero-order valence-corrected chi connectivity index (χ0v) is 13.2. The first kappa shape index (κ1) is 16.9. The summed E-state index contributed by atoms with van der Waals surface area (Å²) in [5.74, 6) is 0.683. The van der Waals surface area contributed by atoms with E-state index in [9.17, 15) is 8.42 Å². The summed E-state index contributed by atoms with van der Waals surface area (Å²) in [6.07, 6.45) is -0.103. The Kier molecular flexibility index (Phi) is 5.98. The van der Waals surface area contributed by atoms with E-state index in [0.717, 1.165) is 5.56 Å². The van der Waals surface area contributed by atoms with Gasteiger partial charge >= 0.3 is 0 Å². The van der Waals surface area contributed by atoms with E-state index in [1.54, 1.807) is 19.1 Å². The van der Waals surface area contributed by atoms with Crippen molar-refractivity contribution in [2.24, 2.45) is 0 Å². The van der Waals surface area contributed by atoms with Crippen molar-refractivity contribution in [2.75, 3.05) is 6.54 Å². The van der Waals surface area contributed by atoms with E-state index in [4.69, 9.17) is 9.84 Å². The van der Waals surface area contributed by atoms with Crippen LogP contribution in [0, 0.1) is 6.92 Å². The standard InChI is InChI=1S/C14H23NO4S/c1-10(2)19-14-6-5-13(9-11(14)3)20(17,18)15-8-7-12(4)16/h5-6,9-10,12,15-16H,7-8H2,1-4H3. The van der Waals surface area contributed by atoms with Gasteiger partial charge in [0.1, 0.15) is 5.75 Å². The highest BCUT2D eigenvalue weighted by Crippen LogP contribution is 2.22. The summed E-state index contributed by atoms with van der Waals surface area (Å²) >= 11 is 0. The lowest BCUT2D eigenvalue weighted by molar-refractivity contribution is 0.186. The minimum atomic E-state index is -3.54. The minimum Gasteiger partial charge on any atom is -0.491 e. The molecule has 0 aliphatic carbocycles. The third-order valence-corrected chi connectivity index (χ3v) is 4.13. The van der Waals surface area contributed by atoms with Gasteiger partial charge in [0.05, 0.1) is 17.1 Å². The van der Waals surface area contributed by atoms with Gasteiger partial charge in [-0.05, 0) is 57.9 Å². The molecule has 0 aromatic heterocycles. The molecule has 1 aromatic carbocycles. The monoisotopic (exact) mass is 301 g/mol. The zero-order chi connectivity index (χ0) is 15.3. The van der Waals surface area contributed by atoms with Gasteiger partial charge in [-0.2, -0.15) is 0 Å². The molecule has 1 aromatic rings. The summed E-state index contributed by atoms with van der Waals surface area (Å²) in [5.41, 5.74) is 0.775. The summed E-state index contributed by atoms with van der Waals surface area (Å²) in [5, 5.41) is 9.13. The molecule has 114 valence electrons. The Morgan fingerprint density at radius 2 is 1.95 bits per heavy atom. The van der Waals surface area contributed by atoms with Crippen LogP contribution in [-0.4, -0.2) is 32.3 Å². The largest absolute Gasteiger partial charge is 0.491 e. The molecule has 0 fully saturated rings. The molecular weight excluding hydrogens is 278 g/mol. The topological polar surface area (TPSA) is 75.6 Å². The van der Waals surface area contributed by atoms with E-state index in [2.05, 4.69) is 4.72 Å². The minimum absolute atomic E-state index is 0.0420. The van der Waals surface area contributed by atoms with Gasteiger partial charge in [-0.25, -0.2) is 13.1 Å². The average molecular weight is 301 g/mol. The predicted octanol–water partition coefficient (Wildman–Crippen LogP) is 1.83. The molecule has 2 N–H and O–H groups in total. The average Bonchev–Trinajstić information content (AvgIpc) is 2.30. The Morgan fingerprint density at radius 1 is 1.30 bits per heavy atom. The lowest BCUT2D eigenvalue weighted by Gasteiger charge is -2.14. The zero-order valence-electron chi connectivity index (χ0n) is 12.4. The van der Waals surface area contributed by atoms with E-state index >= 15 is 0 Å². The quantitative estimate of drug-likeness (QED) is 0.805. The number of rotatable bonds is 7. The van der Waals surface area contributed by atoms with Crippen LogP contribution in [0.25, 0.3) is 0 Å². The second-order valence-corrected chi connectivity index (χ2v) is 6.90. The number of aliphatic hydroxyl groups excluding tert-OH is 1. The second-order valence-electron chi connectivity index (χ2n) is 5.13. The first-order valence-electron chi connectivity index (χ1n) is 6.67. The number of nitrogens with one attached hydrogen (secondary N) is 1. The van der Waals surface area contributed by atoms with Crippen molar-refractivity contribution in [2.45, 2.75) is 51.2 Å². The Hall–Kier alpha value is -1.11. The lowest BCUT2D eigenvalue weighted by Crippen LogP contribution is -2.26. The van der Waals surface area contributed by atoms with Crippen LogP contribution >= 0.6 is 0 Å². The number of sulfonamides is 1. The van der Waals surface area contributed by atoms with Crippen molar-refractivity contribution >= 4 is 10.0 Å². The van der Waals surface area contributed by atoms with E-state index in [1.807, 2.05) is 20.8 Å². The van der Waals surface area contributed by atoms with Gasteiger partial charge in [0.25, 0.3) is 0 Å². The predicted molar refractivity (Wildman–Crippen MR) is 78.4 cm³/mol. The highest BCUT2D eigenvalue weighted by atomic mass is 32.2. The first-order valence-corrected chi connectivity index (χ1v) is 8.15. The van der Waals surface area contributed by atoms with E-state index in [0.29, 0.717) is 12.2 Å². The van der Waals surface area contributed by atoms with Crippen molar-refractivity contribution in [3.63, 3.8) is 0 Å². The normalized spacial score (nSPS) is 13.5. The Labute approximate surface area is 121 Å². The van der Waals surface area contributed by atoms with Crippen LogP contribution < -0.4 is 9.46 Å². The van der Waals surface area contributed by atoms with Gasteiger partial charge in [-0.3, -0.25) is 0 Å². The van der Waals surface area contributed by atoms with E-state index in [-0.39, 0.29) is 17.5 Å². The van der Waals surface area contributed by atoms with Crippen molar-refractivity contribution in [3.05, 3.63) is 23.8 Å². The molecule has 0 aliphatic rings. The second kappa shape index (κ2) is 7.06. The Bertz CT molecular complexity index is 538. The molecule has 0 radical (unpaired) electrons. The number of benzene rings is 1. The van der Waals surface area contributed by atoms with Crippen LogP contribution in [0.4, 0.5) is 0 Å². The molecule has 1 rings (SSSR count). The maximum atomic E-state index is 12.1. The van der Waals surface area contributed by atoms with Crippen molar-refractivity contribution in [1.29, 1.82) is 0 Å². The van der Waals surface area contributed by atoms with Crippen LogP contribution in [0.1, 0.15) is 32.8 Å². The number of aliphatic hydroxyl groups is 1. The summed E-state index contributed by atoms with van der Waals surface area (Å²) < 4.78 is 32.2. The molecule has 0 amide bonds. The Morgan fingerprint density at radius 3 is 2.45 bits per heavy atom. The van der Waals surface area contributed by atoms with Gasteiger partial charge in [-0.15, -0.1) is 0 Å². The molecule has 6 heteroatoms. The van der Waals surface area contributed by atoms with Crippen LogP contribution in [0.2, 0.25) is 0 Å². The summed E-state index contributed by atoms with van der Waals surface area (Å²) in [7, 11) is -3.54. The number of aryl methyl sites for hydroxylation is 1. The van der Waals surface area contributed by atoms with E-state index < -0.39 is 16.1 Å². The highest BCUT2D eigenvalue weighted by Gasteiger charge is 2.15. The molecule has 0 bridgehead atoms. The smallest absolute Gasteiger partial charge is 0.240 e. The lowest BCUT2D eigenvalue weighted by atomic mass is 10.2. The maximum Gasteiger partial charge on any atom is 0.240 e. The maximum absolute atomic E-state index is 12.1. The fourth-order valence-electron chi connectivity index (χ4n) is 1.66. The van der Waals surface area contributed by atoms with Crippen LogP contribution in [-0.2, 0) is 10.0 Å². The first-order chi connectivity index (χ1) is 9.22. The molecule has 1 unspecified atom stereocenters. The van der Waals surface area contributed by atoms with Crippen LogP contribution in [0.3, 0.4) is 0 Å². The molecule has 1 atom stereocenters. The molecule has 0 spiro atoms. The Balaban J connectivity index is 2.83. The molecular formula is C14H23NO4S. The summed E-state index contributed by atoms with van der Waals surface area (Å²) in [4.78, 5) is 0.205. The summed E-state index contributed by atoms with van der Waals surface area (Å²) in [6.45, 7) is 7.48. The number of hydrogen-bond acceptors (Lipinski definition) is 4. The van der Waals surface area contributed by atoms with Crippen LogP contribution in [0.15, 0.2) is 23.1 Å².